The molecule has 2 heterocycles. The summed E-state index contributed by atoms with van der Waals surface area (Å²) in [4.78, 5) is 35.7. The lowest BCUT2D eigenvalue weighted by Gasteiger charge is -2.34. The molecule has 1 aromatic carbocycles. The van der Waals surface area contributed by atoms with Crippen molar-refractivity contribution in [1.29, 1.82) is 0 Å². The number of piperazine rings is 1. The molecule has 0 radical (unpaired) electrons. The van der Waals surface area contributed by atoms with Crippen molar-refractivity contribution in [2.24, 2.45) is 0 Å². The molecule has 1 fully saturated rings. The average Bonchev–Trinajstić information content (AvgIpc) is 3.34. The van der Waals surface area contributed by atoms with Crippen LogP contribution < -0.4 is 14.2 Å². The molecule has 1 amide bonds. The lowest BCUT2D eigenvalue weighted by molar-refractivity contribution is -0.159. The van der Waals surface area contributed by atoms with Crippen molar-refractivity contribution in [2.75, 3.05) is 47.5 Å². The summed E-state index contributed by atoms with van der Waals surface area (Å²) in [5.41, 5.74) is 1.04. The Hall–Kier alpha value is -3.31. The van der Waals surface area contributed by atoms with Gasteiger partial charge in [-0.2, -0.15) is 0 Å². The standard InChI is InChI=1S/C19H24N2O4S.C2H2O4/c1-23-15-12-17(25-3)16(24-2)11-14(15)13-20-6-8-21(9-7-20)19(22)18-5-4-10-26-18;3-1(4)2(5)6/h4-5,10-12H,6-9,13H2,1-3H3;(H,3,4)(H,5,6). The third kappa shape index (κ3) is 6.59. The van der Waals surface area contributed by atoms with Crippen molar-refractivity contribution in [2.45, 2.75) is 6.54 Å². The van der Waals surface area contributed by atoms with Gasteiger partial charge >= 0.3 is 11.9 Å². The number of carboxylic acids is 2. The van der Waals surface area contributed by atoms with Crippen LogP contribution in [0.25, 0.3) is 0 Å². The monoisotopic (exact) mass is 466 g/mol. The Morgan fingerprint density at radius 1 is 0.906 bits per heavy atom. The fraction of sp³-hybridized carbons (Fsp3) is 0.381. The number of methoxy groups -OCH3 is 3. The van der Waals surface area contributed by atoms with Crippen LogP contribution in [0.5, 0.6) is 17.2 Å². The smallest absolute Gasteiger partial charge is 0.414 e. The minimum absolute atomic E-state index is 0.128. The van der Waals surface area contributed by atoms with E-state index < -0.39 is 11.9 Å². The fourth-order valence-corrected chi connectivity index (χ4v) is 3.81. The third-order valence-corrected chi connectivity index (χ3v) is 5.61. The number of carboxylic acid groups (broad SMARTS) is 2. The molecular formula is C21H26N2O8S. The molecule has 174 valence electrons. The first kappa shape index (κ1) is 25.0. The Bertz CT molecular complexity index is 912. The van der Waals surface area contributed by atoms with Gasteiger partial charge in [0, 0.05) is 44.4 Å². The summed E-state index contributed by atoms with van der Waals surface area (Å²) in [5.74, 6) is -1.40. The zero-order valence-electron chi connectivity index (χ0n) is 18.1. The molecule has 10 nitrogen and oxygen atoms in total. The number of ether oxygens (including phenoxy) is 3. The van der Waals surface area contributed by atoms with E-state index in [2.05, 4.69) is 4.90 Å². The lowest BCUT2D eigenvalue weighted by Crippen LogP contribution is -2.48. The number of nitrogens with zero attached hydrogens (tertiary/aromatic N) is 2. The molecule has 2 aromatic rings. The van der Waals surface area contributed by atoms with E-state index in [9.17, 15) is 4.79 Å². The highest BCUT2D eigenvalue weighted by atomic mass is 32.1. The SMILES string of the molecule is COc1cc(OC)c(OC)cc1CN1CCN(C(=O)c2cccs2)CC1.O=C(O)C(=O)O. The maximum atomic E-state index is 12.4. The Kier molecular flexibility index (Phi) is 9.29. The van der Waals surface area contributed by atoms with Gasteiger partial charge in [0.25, 0.3) is 5.91 Å². The van der Waals surface area contributed by atoms with Crippen molar-refractivity contribution in [3.63, 3.8) is 0 Å². The summed E-state index contributed by atoms with van der Waals surface area (Å²) in [5, 5.41) is 16.7. The molecule has 11 heteroatoms. The Morgan fingerprint density at radius 2 is 1.47 bits per heavy atom. The van der Waals surface area contributed by atoms with Crippen LogP contribution in [0.4, 0.5) is 0 Å². The highest BCUT2D eigenvalue weighted by molar-refractivity contribution is 7.12. The van der Waals surface area contributed by atoms with Crippen molar-refractivity contribution in [1.82, 2.24) is 9.80 Å². The molecule has 1 aliphatic rings. The van der Waals surface area contributed by atoms with Crippen LogP contribution in [0.3, 0.4) is 0 Å². The van der Waals surface area contributed by atoms with Gasteiger partial charge in [0.2, 0.25) is 0 Å². The number of benzene rings is 1. The highest BCUT2D eigenvalue weighted by Gasteiger charge is 2.24. The Labute approximate surface area is 189 Å². The summed E-state index contributed by atoms with van der Waals surface area (Å²) in [7, 11) is 4.90. The average molecular weight is 467 g/mol. The van der Waals surface area contributed by atoms with E-state index in [1.165, 1.54) is 11.3 Å². The maximum Gasteiger partial charge on any atom is 0.414 e. The van der Waals surface area contributed by atoms with Crippen molar-refractivity contribution >= 4 is 29.2 Å². The van der Waals surface area contributed by atoms with Crippen LogP contribution in [0.15, 0.2) is 29.6 Å². The minimum atomic E-state index is -1.82. The van der Waals surface area contributed by atoms with E-state index in [1.807, 2.05) is 34.5 Å². The molecule has 0 bridgehead atoms. The van der Waals surface area contributed by atoms with E-state index in [1.54, 1.807) is 21.3 Å². The molecule has 0 atom stereocenters. The predicted octanol–water partition coefficient (Wildman–Crippen LogP) is 1.89. The quantitative estimate of drug-likeness (QED) is 0.614. The first-order valence-electron chi connectivity index (χ1n) is 9.60. The predicted molar refractivity (Wildman–Crippen MR) is 117 cm³/mol. The number of hydrogen-bond acceptors (Lipinski definition) is 8. The number of amides is 1. The Balaban J connectivity index is 0.000000534. The summed E-state index contributed by atoms with van der Waals surface area (Å²) < 4.78 is 16.3. The molecule has 1 aliphatic heterocycles. The van der Waals surface area contributed by atoms with Gasteiger partial charge in [0.05, 0.1) is 26.2 Å². The molecule has 0 saturated carbocycles. The first-order valence-corrected chi connectivity index (χ1v) is 10.5. The van der Waals surface area contributed by atoms with Gasteiger partial charge in [-0.1, -0.05) is 6.07 Å². The summed E-state index contributed by atoms with van der Waals surface area (Å²) >= 11 is 1.49. The topological polar surface area (TPSA) is 126 Å². The molecule has 1 aromatic heterocycles. The summed E-state index contributed by atoms with van der Waals surface area (Å²) in [6.45, 7) is 3.85. The van der Waals surface area contributed by atoms with Gasteiger partial charge in [-0.25, -0.2) is 9.59 Å². The van der Waals surface area contributed by atoms with Crippen LogP contribution in [0.2, 0.25) is 0 Å². The van der Waals surface area contributed by atoms with Gasteiger partial charge < -0.3 is 29.3 Å². The van der Waals surface area contributed by atoms with Gasteiger partial charge in [-0.15, -0.1) is 11.3 Å². The number of thiophene rings is 1. The number of carbonyl (C=O) groups excluding carboxylic acids is 1. The molecule has 1 saturated heterocycles. The Morgan fingerprint density at radius 3 is 1.94 bits per heavy atom. The van der Waals surface area contributed by atoms with Crippen LogP contribution >= 0.6 is 11.3 Å². The van der Waals surface area contributed by atoms with Crippen LogP contribution in [-0.2, 0) is 16.1 Å². The normalized spacial score (nSPS) is 13.5. The first-order chi connectivity index (χ1) is 15.3. The molecule has 2 N–H and O–H groups in total. The van der Waals surface area contributed by atoms with Gasteiger partial charge in [-0.05, 0) is 17.5 Å². The number of aliphatic carboxylic acids is 2. The second-order valence-electron chi connectivity index (χ2n) is 6.67. The van der Waals surface area contributed by atoms with E-state index in [0.29, 0.717) is 11.5 Å². The van der Waals surface area contributed by atoms with Gasteiger partial charge in [-0.3, -0.25) is 9.69 Å². The van der Waals surface area contributed by atoms with E-state index in [-0.39, 0.29) is 5.91 Å². The van der Waals surface area contributed by atoms with E-state index >= 15 is 0 Å². The second-order valence-corrected chi connectivity index (χ2v) is 7.62. The van der Waals surface area contributed by atoms with E-state index in [4.69, 9.17) is 34.0 Å². The van der Waals surface area contributed by atoms with Crippen LogP contribution in [0, 0.1) is 0 Å². The van der Waals surface area contributed by atoms with Gasteiger partial charge in [0.15, 0.2) is 11.5 Å². The largest absolute Gasteiger partial charge is 0.496 e. The maximum absolute atomic E-state index is 12.4. The van der Waals surface area contributed by atoms with Crippen LogP contribution in [0.1, 0.15) is 15.2 Å². The molecule has 0 unspecified atom stereocenters. The molecule has 3 rings (SSSR count). The van der Waals surface area contributed by atoms with Crippen molar-refractivity contribution in [3.8, 4) is 17.2 Å². The highest BCUT2D eigenvalue weighted by Crippen LogP contribution is 2.35. The van der Waals surface area contributed by atoms with Crippen LogP contribution in [-0.4, -0.2) is 85.4 Å². The minimum Gasteiger partial charge on any atom is -0.496 e. The van der Waals surface area contributed by atoms with Crippen molar-refractivity contribution in [3.05, 3.63) is 40.1 Å². The number of rotatable bonds is 6. The molecule has 32 heavy (non-hydrogen) atoms. The zero-order valence-corrected chi connectivity index (χ0v) is 18.9. The lowest BCUT2D eigenvalue weighted by atomic mass is 10.1. The summed E-state index contributed by atoms with van der Waals surface area (Å²) in [6.07, 6.45) is 0. The fourth-order valence-electron chi connectivity index (χ4n) is 3.12. The number of carbonyl (C=O) groups is 3. The third-order valence-electron chi connectivity index (χ3n) is 4.75. The van der Waals surface area contributed by atoms with Crippen molar-refractivity contribution < 1.29 is 38.8 Å². The number of hydrogen-bond donors (Lipinski definition) is 2. The van der Waals surface area contributed by atoms with Gasteiger partial charge in [0.1, 0.15) is 5.75 Å². The summed E-state index contributed by atoms with van der Waals surface area (Å²) in [6, 6.07) is 7.61. The molecular weight excluding hydrogens is 440 g/mol. The zero-order chi connectivity index (χ0) is 23.7. The molecule has 0 aliphatic carbocycles. The van der Waals surface area contributed by atoms with E-state index in [0.717, 1.165) is 48.9 Å². The molecule has 0 spiro atoms. The second kappa shape index (κ2) is 11.9.